The number of rotatable bonds is 7. The number of nitrogens with one attached hydrogen (secondary N) is 1. The Morgan fingerprint density at radius 2 is 1.97 bits per heavy atom. The standard InChI is InChI=1S/C22H21FN2O3S/c1-25(12-15-4-9-18-19(11-15)28-14-27-18)13-21(26)24-22(20-3-2-10-29-20)16-5-7-17(23)8-6-16/h2-11,22H,12-14H2,1H3,(H,24,26)/t22-/m0/s1. The Balaban J connectivity index is 1.40. The van der Waals surface area contributed by atoms with E-state index in [2.05, 4.69) is 5.32 Å². The first-order valence-electron chi connectivity index (χ1n) is 9.24. The van der Waals surface area contributed by atoms with Crippen molar-refractivity contribution >= 4 is 17.2 Å². The Hall–Kier alpha value is -2.90. The highest BCUT2D eigenvalue weighted by atomic mass is 32.1. The zero-order valence-corrected chi connectivity index (χ0v) is 16.7. The summed E-state index contributed by atoms with van der Waals surface area (Å²) < 4.78 is 24.0. The van der Waals surface area contributed by atoms with Crippen molar-refractivity contribution in [2.45, 2.75) is 12.6 Å². The summed E-state index contributed by atoms with van der Waals surface area (Å²) in [5.74, 6) is 1.08. The van der Waals surface area contributed by atoms with E-state index >= 15 is 0 Å². The molecule has 150 valence electrons. The van der Waals surface area contributed by atoms with E-state index in [4.69, 9.17) is 9.47 Å². The van der Waals surface area contributed by atoms with Crippen LogP contribution in [0.5, 0.6) is 11.5 Å². The SMILES string of the molecule is CN(CC(=O)N[C@@H](c1ccc(F)cc1)c1cccs1)Cc1ccc2c(c1)OCO2. The molecule has 3 aromatic rings. The lowest BCUT2D eigenvalue weighted by atomic mass is 10.1. The average molecular weight is 412 g/mol. The number of carbonyl (C=O) groups excluding carboxylic acids is 1. The number of carbonyl (C=O) groups is 1. The minimum absolute atomic E-state index is 0.101. The van der Waals surface area contributed by atoms with E-state index in [0.29, 0.717) is 6.54 Å². The summed E-state index contributed by atoms with van der Waals surface area (Å²) in [6.07, 6.45) is 0. The van der Waals surface area contributed by atoms with Gasteiger partial charge in [-0.1, -0.05) is 24.3 Å². The smallest absolute Gasteiger partial charge is 0.234 e. The minimum atomic E-state index is -0.304. The van der Waals surface area contributed by atoms with Crippen LogP contribution in [-0.4, -0.2) is 31.2 Å². The van der Waals surface area contributed by atoms with Crippen LogP contribution in [0.2, 0.25) is 0 Å². The predicted molar refractivity (Wildman–Crippen MR) is 110 cm³/mol. The van der Waals surface area contributed by atoms with Gasteiger partial charge in [-0.05, 0) is 53.9 Å². The zero-order chi connectivity index (χ0) is 20.2. The lowest BCUT2D eigenvalue weighted by molar-refractivity contribution is -0.122. The second kappa shape index (κ2) is 8.63. The van der Waals surface area contributed by atoms with E-state index in [0.717, 1.165) is 27.5 Å². The first-order valence-corrected chi connectivity index (χ1v) is 10.1. The van der Waals surface area contributed by atoms with Crippen LogP contribution in [-0.2, 0) is 11.3 Å². The fourth-order valence-corrected chi connectivity index (χ4v) is 4.09. The Kier molecular flexibility index (Phi) is 5.78. The van der Waals surface area contributed by atoms with E-state index in [-0.39, 0.29) is 31.1 Å². The number of hydrogen-bond acceptors (Lipinski definition) is 5. The Morgan fingerprint density at radius 1 is 1.17 bits per heavy atom. The fourth-order valence-electron chi connectivity index (χ4n) is 3.29. The molecule has 5 nitrogen and oxygen atoms in total. The number of hydrogen-bond donors (Lipinski definition) is 1. The van der Waals surface area contributed by atoms with E-state index in [1.165, 1.54) is 12.1 Å². The van der Waals surface area contributed by atoms with Gasteiger partial charge in [0.25, 0.3) is 0 Å². The van der Waals surface area contributed by atoms with E-state index in [9.17, 15) is 9.18 Å². The first-order chi connectivity index (χ1) is 14.1. The third-order valence-electron chi connectivity index (χ3n) is 4.64. The van der Waals surface area contributed by atoms with Gasteiger partial charge in [0, 0.05) is 11.4 Å². The van der Waals surface area contributed by atoms with Crippen molar-refractivity contribution in [1.82, 2.24) is 10.2 Å². The van der Waals surface area contributed by atoms with Crippen molar-refractivity contribution in [1.29, 1.82) is 0 Å². The molecule has 0 fully saturated rings. The van der Waals surface area contributed by atoms with Crippen molar-refractivity contribution in [3.8, 4) is 11.5 Å². The molecule has 1 aliphatic rings. The molecular formula is C22H21FN2O3S. The molecule has 0 radical (unpaired) electrons. The number of halogens is 1. The summed E-state index contributed by atoms with van der Waals surface area (Å²) >= 11 is 1.56. The van der Waals surface area contributed by atoms with Crippen LogP contribution >= 0.6 is 11.3 Å². The number of likely N-dealkylation sites (N-methyl/N-ethyl adjacent to an activating group) is 1. The normalized spacial score (nSPS) is 13.5. The van der Waals surface area contributed by atoms with E-state index < -0.39 is 0 Å². The molecule has 1 amide bonds. The van der Waals surface area contributed by atoms with Crippen molar-refractivity contribution in [3.63, 3.8) is 0 Å². The number of fused-ring (bicyclic) bond motifs is 1. The molecule has 2 aromatic carbocycles. The second-order valence-corrected chi connectivity index (χ2v) is 7.91. The maximum Gasteiger partial charge on any atom is 0.234 e. The lowest BCUT2D eigenvalue weighted by Crippen LogP contribution is -2.37. The van der Waals surface area contributed by atoms with Gasteiger partial charge in [0.15, 0.2) is 11.5 Å². The molecule has 0 unspecified atom stereocenters. The Labute approximate surface area is 172 Å². The highest BCUT2D eigenvalue weighted by Crippen LogP contribution is 2.32. The molecule has 1 atom stereocenters. The minimum Gasteiger partial charge on any atom is -0.454 e. The molecule has 0 bridgehead atoms. The van der Waals surface area contributed by atoms with Crippen LogP contribution in [0.1, 0.15) is 22.0 Å². The lowest BCUT2D eigenvalue weighted by Gasteiger charge is -2.21. The maximum atomic E-state index is 13.3. The zero-order valence-electron chi connectivity index (χ0n) is 15.9. The number of nitrogens with zero attached hydrogens (tertiary/aromatic N) is 1. The highest BCUT2D eigenvalue weighted by molar-refractivity contribution is 7.10. The van der Waals surface area contributed by atoms with Gasteiger partial charge < -0.3 is 14.8 Å². The number of thiophene rings is 1. The molecule has 1 N–H and O–H groups in total. The molecule has 2 heterocycles. The molecular weight excluding hydrogens is 391 g/mol. The third kappa shape index (κ3) is 4.75. The van der Waals surface area contributed by atoms with Gasteiger partial charge in [0.1, 0.15) is 5.82 Å². The average Bonchev–Trinajstić information content (AvgIpc) is 3.38. The van der Waals surface area contributed by atoms with Crippen LogP contribution in [0.15, 0.2) is 60.0 Å². The molecule has 7 heteroatoms. The summed E-state index contributed by atoms with van der Waals surface area (Å²) in [4.78, 5) is 15.6. The molecule has 4 rings (SSSR count). The highest BCUT2D eigenvalue weighted by Gasteiger charge is 2.19. The quantitative estimate of drug-likeness (QED) is 0.638. The first kappa shape index (κ1) is 19.4. The predicted octanol–water partition coefficient (Wildman–Crippen LogP) is 3.95. The summed E-state index contributed by atoms with van der Waals surface area (Å²) in [5.41, 5.74) is 1.89. The topological polar surface area (TPSA) is 50.8 Å². The van der Waals surface area contributed by atoms with Crippen molar-refractivity contribution < 1.29 is 18.7 Å². The van der Waals surface area contributed by atoms with Crippen molar-refractivity contribution in [2.75, 3.05) is 20.4 Å². The van der Waals surface area contributed by atoms with E-state index in [1.807, 2.05) is 47.7 Å². The summed E-state index contributed by atoms with van der Waals surface area (Å²) in [6, 6.07) is 15.6. The molecule has 0 saturated carbocycles. The van der Waals surface area contributed by atoms with Crippen LogP contribution < -0.4 is 14.8 Å². The monoisotopic (exact) mass is 412 g/mol. The second-order valence-electron chi connectivity index (χ2n) is 6.93. The van der Waals surface area contributed by atoms with Crippen molar-refractivity contribution in [2.24, 2.45) is 0 Å². The number of ether oxygens (including phenoxy) is 2. The molecule has 29 heavy (non-hydrogen) atoms. The number of amides is 1. The summed E-state index contributed by atoms with van der Waals surface area (Å²) in [5, 5.41) is 5.04. The molecule has 0 aliphatic carbocycles. The molecule has 0 saturated heterocycles. The van der Waals surface area contributed by atoms with E-state index in [1.54, 1.807) is 23.5 Å². The molecule has 1 aliphatic heterocycles. The van der Waals surface area contributed by atoms with Crippen LogP contribution in [0.4, 0.5) is 4.39 Å². The fraction of sp³-hybridized carbons (Fsp3) is 0.227. The summed E-state index contributed by atoms with van der Waals surface area (Å²) in [7, 11) is 1.89. The third-order valence-corrected chi connectivity index (χ3v) is 5.58. The van der Waals surface area contributed by atoms with Gasteiger partial charge in [0.05, 0.1) is 12.6 Å². The Bertz CT molecular complexity index is 976. The molecule has 0 spiro atoms. The van der Waals surface area contributed by atoms with Gasteiger partial charge in [-0.3, -0.25) is 9.69 Å². The van der Waals surface area contributed by atoms with Gasteiger partial charge in [-0.25, -0.2) is 4.39 Å². The van der Waals surface area contributed by atoms with Gasteiger partial charge in [0.2, 0.25) is 12.7 Å². The molecule has 1 aromatic heterocycles. The maximum absolute atomic E-state index is 13.3. The largest absolute Gasteiger partial charge is 0.454 e. The van der Waals surface area contributed by atoms with Gasteiger partial charge >= 0.3 is 0 Å². The van der Waals surface area contributed by atoms with Crippen LogP contribution in [0, 0.1) is 5.82 Å². The summed E-state index contributed by atoms with van der Waals surface area (Å²) in [6.45, 7) is 1.08. The van der Waals surface area contributed by atoms with Crippen LogP contribution in [0.3, 0.4) is 0 Å². The van der Waals surface area contributed by atoms with Gasteiger partial charge in [-0.2, -0.15) is 0 Å². The van der Waals surface area contributed by atoms with Gasteiger partial charge in [-0.15, -0.1) is 11.3 Å². The Morgan fingerprint density at radius 3 is 2.72 bits per heavy atom. The number of benzene rings is 2. The van der Waals surface area contributed by atoms with Crippen LogP contribution in [0.25, 0.3) is 0 Å². The van der Waals surface area contributed by atoms with Crippen molar-refractivity contribution in [3.05, 3.63) is 81.8 Å².